The zero-order chi connectivity index (χ0) is 18.1. The van der Waals surface area contributed by atoms with Crippen LogP contribution < -0.4 is 10.1 Å². The van der Waals surface area contributed by atoms with Gasteiger partial charge in [0.2, 0.25) is 5.95 Å². The zero-order valence-corrected chi connectivity index (χ0v) is 13.9. The highest BCUT2D eigenvalue weighted by molar-refractivity contribution is 5.77. The van der Waals surface area contributed by atoms with Crippen molar-refractivity contribution in [1.82, 2.24) is 14.8 Å². The topological polar surface area (TPSA) is 95.1 Å². The lowest BCUT2D eigenvalue weighted by atomic mass is 10.0. The summed E-state index contributed by atoms with van der Waals surface area (Å²) in [4.78, 5) is 14.9. The summed E-state index contributed by atoms with van der Waals surface area (Å²) in [5.41, 5.74) is 2.61. The number of methoxy groups -OCH3 is 1. The summed E-state index contributed by atoms with van der Waals surface area (Å²) in [5.74, 6) is 1.35. The lowest BCUT2D eigenvalue weighted by Crippen LogP contribution is -2.20. The Kier molecular flexibility index (Phi) is 3.85. The van der Waals surface area contributed by atoms with Crippen LogP contribution in [-0.2, 0) is 0 Å². The molecule has 130 valence electrons. The van der Waals surface area contributed by atoms with Crippen LogP contribution in [0.4, 0.5) is 11.6 Å². The summed E-state index contributed by atoms with van der Waals surface area (Å²) >= 11 is 0. The molecule has 0 unspecified atom stereocenters. The molecular formula is C18H15N5O3. The maximum atomic E-state index is 11.1. The van der Waals surface area contributed by atoms with E-state index in [-0.39, 0.29) is 11.7 Å². The number of nitro groups is 1. The summed E-state index contributed by atoms with van der Waals surface area (Å²) in [6.45, 7) is 0. The van der Waals surface area contributed by atoms with Crippen molar-refractivity contribution in [1.29, 1.82) is 0 Å². The molecule has 0 saturated heterocycles. The largest absolute Gasteiger partial charge is 0.497 e. The van der Waals surface area contributed by atoms with E-state index in [1.54, 1.807) is 23.9 Å². The number of fused-ring (bicyclic) bond motifs is 1. The molecule has 1 aliphatic rings. The van der Waals surface area contributed by atoms with Gasteiger partial charge < -0.3 is 10.1 Å². The first kappa shape index (κ1) is 15.8. The van der Waals surface area contributed by atoms with Crippen molar-refractivity contribution in [3.8, 4) is 5.75 Å². The van der Waals surface area contributed by atoms with Gasteiger partial charge in [-0.2, -0.15) is 10.1 Å². The Morgan fingerprint density at radius 1 is 1.23 bits per heavy atom. The molecule has 8 heteroatoms. The van der Waals surface area contributed by atoms with Gasteiger partial charge in [0.25, 0.3) is 5.69 Å². The van der Waals surface area contributed by atoms with Gasteiger partial charge in [-0.3, -0.25) is 10.1 Å². The number of allylic oxidation sites excluding steroid dienone is 1. The third-order valence-corrected chi connectivity index (χ3v) is 4.23. The predicted molar refractivity (Wildman–Crippen MR) is 95.9 cm³/mol. The number of aromatic nitrogens is 3. The molecule has 8 nitrogen and oxygen atoms in total. The van der Waals surface area contributed by atoms with Crippen molar-refractivity contribution < 1.29 is 9.66 Å². The second-order valence-corrected chi connectivity index (χ2v) is 5.76. The van der Waals surface area contributed by atoms with Crippen molar-refractivity contribution in [2.75, 3.05) is 12.4 Å². The van der Waals surface area contributed by atoms with Crippen molar-refractivity contribution >= 4 is 17.3 Å². The van der Waals surface area contributed by atoms with E-state index in [2.05, 4.69) is 15.4 Å². The van der Waals surface area contributed by atoms with Gasteiger partial charge in [-0.25, -0.2) is 4.68 Å². The van der Waals surface area contributed by atoms with Crippen LogP contribution in [0.1, 0.15) is 17.2 Å². The number of rotatable bonds is 4. The van der Waals surface area contributed by atoms with Crippen LogP contribution >= 0.6 is 0 Å². The van der Waals surface area contributed by atoms with Crippen molar-refractivity contribution in [3.63, 3.8) is 0 Å². The van der Waals surface area contributed by atoms with Crippen LogP contribution in [0, 0.1) is 10.1 Å². The van der Waals surface area contributed by atoms with E-state index in [9.17, 15) is 10.1 Å². The number of nitro benzene ring substituents is 1. The van der Waals surface area contributed by atoms with Gasteiger partial charge in [0.05, 0.1) is 12.0 Å². The van der Waals surface area contributed by atoms with Gasteiger partial charge in [0, 0.05) is 17.8 Å². The molecule has 1 aliphatic heterocycles. The lowest BCUT2D eigenvalue weighted by molar-refractivity contribution is -0.384. The number of hydrogen-bond donors (Lipinski definition) is 1. The van der Waals surface area contributed by atoms with Crippen LogP contribution in [0.2, 0.25) is 0 Å². The maximum absolute atomic E-state index is 11.1. The molecule has 26 heavy (non-hydrogen) atoms. The summed E-state index contributed by atoms with van der Waals surface area (Å²) in [6, 6.07) is 13.9. The Hall–Kier alpha value is -3.68. The fourth-order valence-electron chi connectivity index (χ4n) is 2.93. The molecule has 3 aromatic rings. The van der Waals surface area contributed by atoms with E-state index >= 15 is 0 Å². The molecule has 2 heterocycles. The summed E-state index contributed by atoms with van der Waals surface area (Å²) in [5, 5.41) is 18.6. The highest BCUT2D eigenvalue weighted by Crippen LogP contribution is 2.33. The van der Waals surface area contributed by atoms with Crippen molar-refractivity contribution in [3.05, 3.63) is 82.2 Å². The number of hydrogen-bond acceptors (Lipinski definition) is 6. The van der Waals surface area contributed by atoms with Crippen molar-refractivity contribution in [2.45, 2.75) is 6.04 Å². The molecule has 1 aromatic heterocycles. The Balaban J connectivity index is 1.78. The molecule has 0 saturated carbocycles. The third kappa shape index (κ3) is 2.77. The molecule has 0 spiro atoms. The molecule has 1 N–H and O–H groups in total. The molecule has 0 amide bonds. The molecule has 4 rings (SSSR count). The maximum Gasteiger partial charge on any atom is 0.269 e. The Labute approximate surface area is 148 Å². The van der Waals surface area contributed by atoms with Crippen molar-refractivity contribution in [2.24, 2.45) is 0 Å². The zero-order valence-electron chi connectivity index (χ0n) is 13.9. The number of non-ortho nitro benzene ring substituents is 1. The van der Waals surface area contributed by atoms with E-state index < -0.39 is 4.92 Å². The average molecular weight is 349 g/mol. The minimum absolute atomic E-state index is 0.0436. The lowest BCUT2D eigenvalue weighted by Gasteiger charge is -2.24. The minimum Gasteiger partial charge on any atom is -0.497 e. The van der Waals surface area contributed by atoms with Crippen LogP contribution in [0.15, 0.2) is 60.9 Å². The summed E-state index contributed by atoms with van der Waals surface area (Å²) < 4.78 is 6.90. The van der Waals surface area contributed by atoms with E-state index in [1.807, 2.05) is 36.4 Å². The molecule has 0 bridgehead atoms. The molecular weight excluding hydrogens is 334 g/mol. The predicted octanol–water partition coefficient (Wildman–Crippen LogP) is 3.25. The van der Waals surface area contributed by atoms with Crippen LogP contribution in [0.3, 0.4) is 0 Å². The first-order chi connectivity index (χ1) is 12.7. The first-order valence-corrected chi connectivity index (χ1v) is 7.93. The summed E-state index contributed by atoms with van der Waals surface area (Å²) in [6.07, 6.45) is 3.43. The SMILES string of the molecule is COc1ccc(C2=C[C@@H](c3cccc([N+](=O)[O-])c3)n3ncnc3N2)cc1. The fraction of sp³-hybridized carbons (Fsp3) is 0.111. The number of anilines is 1. The van der Waals surface area contributed by atoms with E-state index in [1.165, 1.54) is 12.4 Å². The van der Waals surface area contributed by atoms with Crippen LogP contribution in [0.5, 0.6) is 5.75 Å². The molecule has 0 aliphatic carbocycles. The Morgan fingerprint density at radius 2 is 2.04 bits per heavy atom. The number of nitrogens with one attached hydrogen (secondary N) is 1. The Morgan fingerprint density at radius 3 is 2.77 bits per heavy atom. The average Bonchev–Trinajstić information content (AvgIpc) is 3.16. The third-order valence-electron chi connectivity index (χ3n) is 4.23. The van der Waals surface area contributed by atoms with E-state index in [4.69, 9.17) is 4.74 Å². The molecule has 1 atom stereocenters. The quantitative estimate of drug-likeness (QED) is 0.574. The van der Waals surface area contributed by atoms with E-state index in [0.29, 0.717) is 5.95 Å². The monoisotopic (exact) mass is 349 g/mol. The molecule has 0 fully saturated rings. The second kappa shape index (κ2) is 6.32. The molecule has 0 radical (unpaired) electrons. The van der Waals surface area contributed by atoms with Gasteiger partial charge >= 0.3 is 0 Å². The van der Waals surface area contributed by atoms with Crippen LogP contribution in [0.25, 0.3) is 5.70 Å². The standard InChI is InChI=1S/C18H15N5O3/c1-26-15-7-5-12(6-8-15)16-10-17(22-18(21-16)19-11-20-22)13-3-2-4-14(9-13)23(24)25/h2-11,17H,1H3,(H,19,20,21)/t17-/m0/s1. The normalized spacial score (nSPS) is 15.6. The highest BCUT2D eigenvalue weighted by Gasteiger charge is 2.24. The number of ether oxygens (including phenoxy) is 1. The van der Waals surface area contributed by atoms with Crippen LogP contribution in [-0.4, -0.2) is 26.8 Å². The van der Waals surface area contributed by atoms with Gasteiger partial charge in [-0.1, -0.05) is 12.1 Å². The molecule has 2 aromatic carbocycles. The fourth-order valence-corrected chi connectivity index (χ4v) is 2.93. The number of nitrogens with zero attached hydrogens (tertiary/aromatic N) is 4. The van der Waals surface area contributed by atoms with Gasteiger partial charge in [-0.15, -0.1) is 0 Å². The van der Waals surface area contributed by atoms with Gasteiger partial charge in [0.15, 0.2) is 0 Å². The minimum atomic E-state index is -0.402. The smallest absolute Gasteiger partial charge is 0.269 e. The van der Waals surface area contributed by atoms with E-state index in [0.717, 1.165) is 22.6 Å². The highest BCUT2D eigenvalue weighted by atomic mass is 16.6. The first-order valence-electron chi connectivity index (χ1n) is 7.93. The van der Waals surface area contributed by atoms with Gasteiger partial charge in [-0.05, 0) is 41.5 Å². The van der Waals surface area contributed by atoms with Gasteiger partial charge in [0.1, 0.15) is 18.1 Å². The summed E-state index contributed by atoms with van der Waals surface area (Å²) in [7, 11) is 1.62. The second-order valence-electron chi connectivity index (χ2n) is 5.76. The Bertz CT molecular complexity index is 994. The number of benzene rings is 2.